The van der Waals surface area contributed by atoms with E-state index >= 15 is 0 Å². The van der Waals surface area contributed by atoms with Crippen molar-refractivity contribution in [1.29, 1.82) is 0 Å². The molecule has 0 aliphatic rings. The van der Waals surface area contributed by atoms with Gasteiger partial charge in [-0.1, -0.05) is 23.6 Å². The van der Waals surface area contributed by atoms with Crippen LogP contribution in [0.25, 0.3) is 16.6 Å². The van der Waals surface area contributed by atoms with Crippen molar-refractivity contribution >= 4 is 34.1 Å². The highest BCUT2D eigenvalue weighted by Crippen LogP contribution is 2.25. The minimum atomic E-state index is -0.507. The third-order valence-corrected chi connectivity index (χ3v) is 5.59. The lowest BCUT2D eigenvalue weighted by molar-refractivity contribution is 0.729. The van der Waals surface area contributed by atoms with Crippen LogP contribution in [0.15, 0.2) is 72.4 Å². The largest absolute Gasteiger partial charge is 0.382 e. The molecule has 1 atom stereocenters. The summed E-state index contributed by atoms with van der Waals surface area (Å²) in [6, 6.07) is 8.16. The van der Waals surface area contributed by atoms with Crippen molar-refractivity contribution in [2.24, 2.45) is 0 Å². The second-order valence-electron chi connectivity index (χ2n) is 7.64. The number of pyridine rings is 1. The lowest BCUT2D eigenvalue weighted by Gasteiger charge is -2.20. The van der Waals surface area contributed by atoms with Crippen LogP contribution >= 0.6 is 11.6 Å². The van der Waals surface area contributed by atoms with Crippen molar-refractivity contribution in [1.82, 2.24) is 34.5 Å². The number of anilines is 2. The van der Waals surface area contributed by atoms with Gasteiger partial charge in [-0.3, -0.25) is 19.3 Å². The fourth-order valence-electron chi connectivity index (χ4n) is 3.62. The summed E-state index contributed by atoms with van der Waals surface area (Å²) in [7, 11) is 0. The van der Waals surface area contributed by atoms with Crippen molar-refractivity contribution in [3.63, 3.8) is 0 Å². The van der Waals surface area contributed by atoms with Gasteiger partial charge in [-0.2, -0.15) is 0 Å². The number of hydrogen-bond acceptors (Lipinski definition) is 9. The van der Waals surface area contributed by atoms with Crippen LogP contribution in [0.1, 0.15) is 30.0 Å². The van der Waals surface area contributed by atoms with Crippen LogP contribution < -0.4 is 16.6 Å². The van der Waals surface area contributed by atoms with Crippen LogP contribution in [-0.4, -0.2) is 34.5 Å². The molecular formula is C25H18ClN9O. The van der Waals surface area contributed by atoms with E-state index in [2.05, 4.69) is 42.1 Å². The molecule has 0 amide bonds. The first-order valence-corrected chi connectivity index (χ1v) is 11.2. The van der Waals surface area contributed by atoms with Crippen LogP contribution in [-0.2, 0) is 0 Å². The van der Waals surface area contributed by atoms with Gasteiger partial charge in [0.15, 0.2) is 0 Å². The molecular weight excluding hydrogens is 478 g/mol. The van der Waals surface area contributed by atoms with E-state index in [1.165, 1.54) is 10.9 Å². The van der Waals surface area contributed by atoms with Crippen molar-refractivity contribution in [3.05, 3.63) is 100 Å². The monoisotopic (exact) mass is 495 g/mol. The normalized spacial score (nSPS) is 11.5. The van der Waals surface area contributed by atoms with E-state index in [0.29, 0.717) is 44.5 Å². The van der Waals surface area contributed by atoms with E-state index in [1.54, 1.807) is 61.3 Å². The minimum Gasteiger partial charge on any atom is -0.382 e. The Morgan fingerprint density at radius 2 is 1.89 bits per heavy atom. The quantitative estimate of drug-likeness (QED) is 0.360. The van der Waals surface area contributed by atoms with Gasteiger partial charge >= 0.3 is 0 Å². The lowest BCUT2D eigenvalue weighted by atomic mass is 10.2. The lowest BCUT2D eigenvalue weighted by Crippen LogP contribution is -2.28. The molecule has 0 fully saturated rings. The molecule has 0 radical (unpaired) electrons. The highest BCUT2D eigenvalue weighted by atomic mass is 35.5. The summed E-state index contributed by atoms with van der Waals surface area (Å²) in [6.45, 7) is 1.85. The standard InChI is InChI=1S/C25H18ClN9O/c1-15(33-23-18(22(27)31-14-32-23)8-7-16-12-29-10-11-30-16)24-34-20-6-2-5-19(26)21(20)25(36)35(24)17-4-3-9-28-13-17/h2-6,9-15H,1H3,(H3,27,31,32,33). The minimum absolute atomic E-state index is 0.194. The number of fused-ring (bicyclic) bond motifs is 1. The van der Waals surface area contributed by atoms with Gasteiger partial charge in [0.1, 0.15) is 35.0 Å². The first-order chi connectivity index (χ1) is 17.5. The van der Waals surface area contributed by atoms with Crippen molar-refractivity contribution in [3.8, 4) is 17.5 Å². The Morgan fingerprint density at radius 3 is 2.67 bits per heavy atom. The van der Waals surface area contributed by atoms with E-state index < -0.39 is 6.04 Å². The fraction of sp³-hybridized carbons (Fsp3) is 0.0800. The smallest absolute Gasteiger partial charge is 0.267 e. The Morgan fingerprint density at radius 1 is 1.03 bits per heavy atom. The number of halogens is 1. The summed E-state index contributed by atoms with van der Waals surface area (Å²) < 4.78 is 1.48. The Balaban J connectivity index is 1.62. The highest BCUT2D eigenvalue weighted by molar-refractivity contribution is 6.35. The number of nitrogen functional groups attached to an aromatic ring is 1. The summed E-state index contributed by atoms with van der Waals surface area (Å²) in [5.41, 5.74) is 7.67. The third-order valence-electron chi connectivity index (χ3n) is 5.27. The zero-order chi connectivity index (χ0) is 25.1. The second-order valence-corrected chi connectivity index (χ2v) is 8.05. The third kappa shape index (κ3) is 4.43. The molecule has 0 saturated heterocycles. The maximum Gasteiger partial charge on any atom is 0.267 e. The molecule has 36 heavy (non-hydrogen) atoms. The molecule has 176 valence electrons. The first-order valence-electron chi connectivity index (χ1n) is 10.8. The van der Waals surface area contributed by atoms with Gasteiger partial charge in [0.05, 0.1) is 40.0 Å². The number of nitrogens with one attached hydrogen (secondary N) is 1. The van der Waals surface area contributed by atoms with Crippen LogP contribution in [0, 0.1) is 11.8 Å². The average molecular weight is 496 g/mol. The van der Waals surface area contributed by atoms with Crippen molar-refractivity contribution in [2.75, 3.05) is 11.1 Å². The molecule has 4 heterocycles. The van der Waals surface area contributed by atoms with Gasteiger partial charge in [0.2, 0.25) is 0 Å². The first kappa shape index (κ1) is 22.9. The predicted octanol–water partition coefficient (Wildman–Crippen LogP) is 3.17. The summed E-state index contributed by atoms with van der Waals surface area (Å²) in [4.78, 5) is 39.1. The molecule has 0 saturated carbocycles. The Labute approximate surface area is 210 Å². The van der Waals surface area contributed by atoms with E-state index in [9.17, 15) is 4.79 Å². The number of aromatic nitrogens is 7. The number of rotatable bonds is 4. The molecule has 5 rings (SSSR count). The maximum atomic E-state index is 13.6. The van der Waals surface area contributed by atoms with Gasteiger partial charge < -0.3 is 11.1 Å². The van der Waals surface area contributed by atoms with Crippen LogP contribution in [0.2, 0.25) is 5.02 Å². The maximum absolute atomic E-state index is 13.6. The summed E-state index contributed by atoms with van der Waals surface area (Å²) in [5, 5.41) is 3.91. The molecule has 0 aliphatic carbocycles. The molecule has 1 aromatic carbocycles. The summed E-state index contributed by atoms with van der Waals surface area (Å²) >= 11 is 6.37. The molecule has 4 aromatic heterocycles. The number of hydrogen-bond donors (Lipinski definition) is 2. The van der Waals surface area contributed by atoms with E-state index in [-0.39, 0.29) is 11.4 Å². The van der Waals surface area contributed by atoms with E-state index in [0.717, 1.165) is 0 Å². The van der Waals surface area contributed by atoms with Gasteiger partial charge in [0, 0.05) is 18.6 Å². The number of nitrogens with two attached hydrogens (primary N) is 1. The molecule has 0 spiro atoms. The van der Waals surface area contributed by atoms with Crippen LogP contribution in [0.4, 0.5) is 11.6 Å². The Bertz CT molecular complexity index is 1680. The molecule has 0 bridgehead atoms. The summed E-state index contributed by atoms with van der Waals surface area (Å²) in [5.74, 6) is 6.88. The molecule has 3 N–H and O–H groups in total. The fourth-order valence-corrected chi connectivity index (χ4v) is 3.87. The zero-order valence-electron chi connectivity index (χ0n) is 18.9. The molecule has 10 nitrogen and oxygen atoms in total. The number of benzene rings is 1. The molecule has 1 unspecified atom stereocenters. The Hall–Kier alpha value is -4.88. The van der Waals surface area contributed by atoms with Crippen LogP contribution in [0.3, 0.4) is 0 Å². The number of nitrogens with zero attached hydrogens (tertiary/aromatic N) is 7. The SMILES string of the molecule is CC(Nc1ncnc(N)c1C#Cc1cnccn1)c1nc2cccc(Cl)c2c(=O)n1-c1cccnc1. The topological polar surface area (TPSA) is 137 Å². The highest BCUT2D eigenvalue weighted by Gasteiger charge is 2.21. The van der Waals surface area contributed by atoms with Crippen molar-refractivity contribution in [2.45, 2.75) is 13.0 Å². The summed E-state index contributed by atoms with van der Waals surface area (Å²) in [6.07, 6.45) is 9.20. The van der Waals surface area contributed by atoms with E-state index in [1.807, 2.05) is 6.92 Å². The molecule has 11 heteroatoms. The Kier molecular flexibility index (Phi) is 6.21. The van der Waals surface area contributed by atoms with Gasteiger partial charge in [-0.05, 0) is 37.1 Å². The van der Waals surface area contributed by atoms with Gasteiger partial charge in [-0.25, -0.2) is 19.9 Å². The molecule has 5 aromatic rings. The van der Waals surface area contributed by atoms with Gasteiger partial charge in [0.25, 0.3) is 5.56 Å². The second kappa shape index (κ2) is 9.77. The zero-order valence-corrected chi connectivity index (χ0v) is 19.7. The van der Waals surface area contributed by atoms with Crippen molar-refractivity contribution < 1.29 is 0 Å². The van der Waals surface area contributed by atoms with E-state index in [4.69, 9.17) is 22.3 Å². The van der Waals surface area contributed by atoms with Crippen LogP contribution in [0.5, 0.6) is 0 Å². The predicted molar refractivity (Wildman–Crippen MR) is 137 cm³/mol. The average Bonchev–Trinajstić information content (AvgIpc) is 2.89. The van der Waals surface area contributed by atoms with Gasteiger partial charge in [-0.15, -0.1) is 0 Å². The molecule has 0 aliphatic heterocycles.